The van der Waals surface area contributed by atoms with Crippen molar-refractivity contribution in [1.29, 1.82) is 0 Å². The van der Waals surface area contributed by atoms with Crippen LogP contribution in [0, 0.1) is 6.92 Å². The van der Waals surface area contributed by atoms with Crippen molar-refractivity contribution in [3.8, 4) is 0 Å². The van der Waals surface area contributed by atoms with Crippen LogP contribution in [0.5, 0.6) is 0 Å². The first-order valence-corrected chi connectivity index (χ1v) is 7.50. The van der Waals surface area contributed by atoms with Crippen molar-refractivity contribution >= 4 is 23.9 Å². The van der Waals surface area contributed by atoms with Gasteiger partial charge in [-0.2, -0.15) is 0 Å². The summed E-state index contributed by atoms with van der Waals surface area (Å²) >= 11 is 0. The minimum atomic E-state index is -0.901. The quantitative estimate of drug-likeness (QED) is 0.584. The lowest BCUT2D eigenvalue weighted by molar-refractivity contribution is -0.118. The number of amides is 2. The number of methoxy groups -OCH3 is 2. The summed E-state index contributed by atoms with van der Waals surface area (Å²) in [6.07, 6.45) is -1.15. The first-order valence-electron chi connectivity index (χ1n) is 7.50. The molecule has 0 saturated heterocycles. The number of esters is 2. The zero-order valence-corrected chi connectivity index (χ0v) is 15.0. The lowest BCUT2D eigenvalue weighted by Gasteiger charge is -2.24. The van der Waals surface area contributed by atoms with Crippen LogP contribution in [0.3, 0.4) is 0 Å². The van der Waals surface area contributed by atoms with E-state index >= 15 is 0 Å². The zero-order chi connectivity index (χ0) is 19.1. The molecule has 1 aromatic rings. The maximum Gasteiger partial charge on any atom is 0.437 e. The van der Waals surface area contributed by atoms with Crippen LogP contribution in [0.1, 0.15) is 52.9 Å². The Kier molecular flexibility index (Phi) is 4.61. The molecule has 136 valence electrons. The van der Waals surface area contributed by atoms with Crippen molar-refractivity contribution in [2.24, 2.45) is 0 Å². The van der Waals surface area contributed by atoms with Crippen LogP contribution < -0.4 is 5.01 Å². The Bertz CT molecular complexity index is 770. The molecule has 0 spiro atoms. The molecule has 0 unspecified atom stereocenters. The molecular formula is C16H20N2O7. The number of hydrogen-bond acceptors (Lipinski definition) is 7. The van der Waals surface area contributed by atoms with Gasteiger partial charge in [-0.25, -0.2) is 19.1 Å². The van der Waals surface area contributed by atoms with Crippen LogP contribution in [-0.2, 0) is 25.4 Å². The van der Waals surface area contributed by atoms with Gasteiger partial charge in [0.05, 0.1) is 43.2 Å². The van der Waals surface area contributed by atoms with Gasteiger partial charge in [0.2, 0.25) is 0 Å². The summed E-state index contributed by atoms with van der Waals surface area (Å²) in [6.45, 7) is 6.48. The molecule has 0 aliphatic carbocycles. The molecule has 1 aliphatic heterocycles. The SMILES string of the molecule is COC(=O)c1c(C(=O)OC)c2n(c1C)N(C(=O)OC(C)(C)C)C(=O)C2. The van der Waals surface area contributed by atoms with Crippen molar-refractivity contribution in [1.82, 2.24) is 4.68 Å². The fourth-order valence-electron chi connectivity index (χ4n) is 2.67. The Balaban J connectivity index is 2.64. The summed E-state index contributed by atoms with van der Waals surface area (Å²) in [5.74, 6) is -2.14. The molecule has 9 nitrogen and oxygen atoms in total. The zero-order valence-electron chi connectivity index (χ0n) is 15.0. The van der Waals surface area contributed by atoms with Crippen LogP contribution in [0.4, 0.5) is 4.79 Å². The number of carbonyl (C=O) groups excluding carboxylic acids is 4. The van der Waals surface area contributed by atoms with E-state index in [1.165, 1.54) is 18.7 Å². The van der Waals surface area contributed by atoms with Gasteiger partial charge in [-0.3, -0.25) is 4.79 Å². The van der Waals surface area contributed by atoms with Gasteiger partial charge in [0.15, 0.2) is 0 Å². The van der Waals surface area contributed by atoms with Gasteiger partial charge in [0, 0.05) is 0 Å². The minimum absolute atomic E-state index is 0.0505. The molecule has 0 radical (unpaired) electrons. The van der Waals surface area contributed by atoms with E-state index in [0.717, 1.165) is 12.1 Å². The van der Waals surface area contributed by atoms with Gasteiger partial charge < -0.3 is 14.2 Å². The average molecular weight is 352 g/mol. The Hall–Kier alpha value is -2.84. The van der Waals surface area contributed by atoms with Gasteiger partial charge in [-0.15, -0.1) is 5.01 Å². The highest BCUT2D eigenvalue weighted by Crippen LogP contribution is 2.30. The van der Waals surface area contributed by atoms with Crippen LogP contribution in [0.2, 0.25) is 0 Å². The van der Waals surface area contributed by atoms with Crippen LogP contribution in [0.25, 0.3) is 0 Å². The molecule has 0 fully saturated rings. The second-order valence-electron chi connectivity index (χ2n) is 6.44. The third-order valence-electron chi connectivity index (χ3n) is 3.57. The van der Waals surface area contributed by atoms with E-state index in [4.69, 9.17) is 14.2 Å². The third-order valence-corrected chi connectivity index (χ3v) is 3.57. The normalized spacial score (nSPS) is 13.5. The highest BCUT2D eigenvalue weighted by atomic mass is 16.6. The number of aromatic nitrogens is 1. The predicted octanol–water partition coefficient (Wildman–Crippen LogP) is 1.33. The van der Waals surface area contributed by atoms with E-state index in [1.54, 1.807) is 20.8 Å². The van der Waals surface area contributed by atoms with Crippen molar-refractivity contribution in [3.63, 3.8) is 0 Å². The molecule has 2 heterocycles. The maximum absolute atomic E-state index is 12.4. The lowest BCUT2D eigenvalue weighted by Crippen LogP contribution is -2.45. The molecular weight excluding hydrogens is 332 g/mol. The minimum Gasteiger partial charge on any atom is -0.465 e. The lowest BCUT2D eigenvalue weighted by atomic mass is 10.1. The summed E-state index contributed by atoms with van der Waals surface area (Å²) in [5.41, 5.74) is -0.575. The van der Waals surface area contributed by atoms with Gasteiger partial charge in [-0.1, -0.05) is 0 Å². The van der Waals surface area contributed by atoms with Gasteiger partial charge >= 0.3 is 18.0 Å². The number of nitrogens with zero attached hydrogens (tertiary/aromatic N) is 2. The van der Waals surface area contributed by atoms with Crippen molar-refractivity contribution in [2.45, 2.75) is 39.7 Å². The summed E-state index contributed by atoms with van der Waals surface area (Å²) in [6, 6.07) is 0. The van der Waals surface area contributed by atoms with Crippen LogP contribution in [0.15, 0.2) is 0 Å². The Morgan fingerprint density at radius 1 is 1.00 bits per heavy atom. The average Bonchev–Trinajstić information content (AvgIpc) is 2.97. The van der Waals surface area contributed by atoms with E-state index in [-0.39, 0.29) is 28.9 Å². The largest absolute Gasteiger partial charge is 0.465 e. The molecule has 0 bridgehead atoms. The highest BCUT2D eigenvalue weighted by Gasteiger charge is 2.43. The number of ether oxygens (including phenoxy) is 3. The molecule has 9 heteroatoms. The molecule has 0 atom stereocenters. The maximum atomic E-state index is 12.4. The summed E-state index contributed by atoms with van der Waals surface area (Å²) in [5, 5.41) is 0.773. The van der Waals surface area contributed by atoms with E-state index in [1.807, 2.05) is 0 Å². The first-order chi connectivity index (χ1) is 11.5. The fraction of sp³-hybridized carbons (Fsp3) is 0.500. The second-order valence-corrected chi connectivity index (χ2v) is 6.44. The number of imide groups is 1. The summed E-state index contributed by atoms with van der Waals surface area (Å²) in [7, 11) is 2.33. The number of hydrogen-bond donors (Lipinski definition) is 0. The van der Waals surface area contributed by atoms with Gasteiger partial charge in [0.1, 0.15) is 5.60 Å². The second kappa shape index (κ2) is 6.23. The van der Waals surface area contributed by atoms with Gasteiger partial charge in [-0.05, 0) is 27.7 Å². The number of rotatable bonds is 2. The standard InChI is InChI=1S/C16H20N2O7/c1-8-11(13(20)23-5)12(14(21)24-6)9-7-10(19)18(17(8)9)15(22)25-16(2,3)4/h7H2,1-6H3. The van der Waals surface area contributed by atoms with E-state index in [9.17, 15) is 19.2 Å². The molecule has 1 aliphatic rings. The smallest absolute Gasteiger partial charge is 0.437 e. The van der Waals surface area contributed by atoms with Crippen molar-refractivity contribution in [3.05, 3.63) is 22.5 Å². The molecule has 25 heavy (non-hydrogen) atoms. The highest BCUT2D eigenvalue weighted by molar-refractivity contribution is 6.12. The van der Waals surface area contributed by atoms with Crippen LogP contribution >= 0.6 is 0 Å². The van der Waals surface area contributed by atoms with E-state index in [0.29, 0.717) is 0 Å². The van der Waals surface area contributed by atoms with Crippen molar-refractivity contribution in [2.75, 3.05) is 19.2 Å². The van der Waals surface area contributed by atoms with E-state index < -0.39 is 29.5 Å². The van der Waals surface area contributed by atoms with Gasteiger partial charge in [0.25, 0.3) is 5.91 Å². The Morgan fingerprint density at radius 2 is 1.52 bits per heavy atom. The molecule has 2 rings (SSSR count). The van der Waals surface area contributed by atoms with Crippen LogP contribution in [-0.4, -0.2) is 48.4 Å². The molecule has 0 N–H and O–H groups in total. The fourth-order valence-corrected chi connectivity index (χ4v) is 2.67. The third kappa shape index (κ3) is 3.09. The molecule has 0 aromatic carbocycles. The summed E-state index contributed by atoms with van der Waals surface area (Å²) < 4.78 is 15.9. The number of fused-ring (bicyclic) bond motifs is 1. The Morgan fingerprint density at radius 3 is 2.00 bits per heavy atom. The summed E-state index contributed by atoms with van der Waals surface area (Å²) in [4.78, 5) is 49.0. The molecule has 2 amide bonds. The van der Waals surface area contributed by atoms with Crippen molar-refractivity contribution < 1.29 is 33.4 Å². The monoisotopic (exact) mass is 352 g/mol. The molecule has 0 saturated carbocycles. The van der Waals surface area contributed by atoms with E-state index in [2.05, 4.69) is 0 Å². The predicted molar refractivity (Wildman–Crippen MR) is 85.0 cm³/mol. The first kappa shape index (κ1) is 18.5. The topological polar surface area (TPSA) is 104 Å². The molecule has 1 aromatic heterocycles. The Labute approximate surface area is 144 Å². The number of carbonyl (C=O) groups is 4.